The first-order valence-corrected chi connectivity index (χ1v) is 7.93. The standard InChI is InChI=1S/C17H18Cl2N2O2/c1-3-11-7-13(20)6-10(2)17(11)21-16(22)9-23-15-5-4-12(18)8-14(15)19/h4-8H,3,9,20H2,1-2H3,(H,21,22). The fourth-order valence-electron chi connectivity index (χ4n) is 2.26. The monoisotopic (exact) mass is 352 g/mol. The van der Waals surface area contributed by atoms with Gasteiger partial charge in [-0.3, -0.25) is 4.79 Å². The summed E-state index contributed by atoms with van der Waals surface area (Å²) in [7, 11) is 0. The topological polar surface area (TPSA) is 64.3 Å². The van der Waals surface area contributed by atoms with E-state index >= 15 is 0 Å². The van der Waals surface area contributed by atoms with Gasteiger partial charge in [-0.2, -0.15) is 0 Å². The van der Waals surface area contributed by atoms with Gasteiger partial charge in [0, 0.05) is 16.4 Å². The second kappa shape index (κ2) is 7.57. The normalized spacial score (nSPS) is 10.4. The Kier molecular flexibility index (Phi) is 5.74. The summed E-state index contributed by atoms with van der Waals surface area (Å²) in [5.74, 6) is 0.148. The maximum atomic E-state index is 12.1. The zero-order valence-electron chi connectivity index (χ0n) is 13.0. The van der Waals surface area contributed by atoms with Crippen LogP contribution in [0.5, 0.6) is 5.75 Å². The lowest BCUT2D eigenvalue weighted by Gasteiger charge is -2.15. The van der Waals surface area contributed by atoms with Gasteiger partial charge in [0.1, 0.15) is 5.75 Å². The van der Waals surface area contributed by atoms with Crippen LogP contribution in [0.3, 0.4) is 0 Å². The molecule has 2 rings (SSSR count). The second-order valence-corrected chi connectivity index (χ2v) is 5.98. The molecule has 0 heterocycles. The van der Waals surface area contributed by atoms with Crippen molar-refractivity contribution >= 4 is 40.5 Å². The molecule has 0 bridgehead atoms. The Morgan fingerprint density at radius 3 is 2.65 bits per heavy atom. The average Bonchev–Trinajstić information content (AvgIpc) is 2.48. The van der Waals surface area contributed by atoms with Gasteiger partial charge in [0.05, 0.1) is 5.02 Å². The smallest absolute Gasteiger partial charge is 0.262 e. The largest absolute Gasteiger partial charge is 0.482 e. The summed E-state index contributed by atoms with van der Waals surface area (Å²) >= 11 is 11.8. The van der Waals surface area contributed by atoms with E-state index in [1.807, 2.05) is 26.0 Å². The molecule has 4 nitrogen and oxygen atoms in total. The van der Waals surface area contributed by atoms with Crippen LogP contribution in [0.1, 0.15) is 18.1 Å². The molecule has 2 aromatic carbocycles. The Balaban J connectivity index is 2.05. The summed E-state index contributed by atoms with van der Waals surface area (Å²) in [5.41, 5.74) is 9.20. The molecule has 0 aliphatic heterocycles. The van der Waals surface area contributed by atoms with Crippen molar-refractivity contribution in [2.45, 2.75) is 20.3 Å². The summed E-state index contributed by atoms with van der Waals surface area (Å²) in [6.45, 7) is 3.77. The Morgan fingerprint density at radius 1 is 1.26 bits per heavy atom. The molecule has 0 atom stereocenters. The molecular formula is C17H18Cl2N2O2. The highest BCUT2D eigenvalue weighted by atomic mass is 35.5. The summed E-state index contributed by atoms with van der Waals surface area (Å²) in [6.07, 6.45) is 0.769. The average molecular weight is 353 g/mol. The van der Waals surface area contributed by atoms with Crippen LogP contribution in [-0.2, 0) is 11.2 Å². The van der Waals surface area contributed by atoms with Crippen LogP contribution in [0.25, 0.3) is 0 Å². The van der Waals surface area contributed by atoms with E-state index in [1.54, 1.807) is 18.2 Å². The number of aryl methyl sites for hydroxylation is 2. The molecule has 3 N–H and O–H groups in total. The first-order chi connectivity index (χ1) is 10.9. The van der Waals surface area contributed by atoms with Crippen molar-refractivity contribution in [2.24, 2.45) is 0 Å². The number of carbonyl (C=O) groups excluding carboxylic acids is 1. The summed E-state index contributed by atoms with van der Waals surface area (Å²) < 4.78 is 5.44. The molecule has 1 amide bonds. The molecule has 0 aliphatic rings. The quantitative estimate of drug-likeness (QED) is 0.780. The Labute approximate surface area is 145 Å². The van der Waals surface area contributed by atoms with Gasteiger partial charge in [-0.1, -0.05) is 30.1 Å². The number of nitrogens with two attached hydrogens (primary N) is 1. The first kappa shape index (κ1) is 17.4. The molecule has 23 heavy (non-hydrogen) atoms. The number of nitrogens with one attached hydrogen (secondary N) is 1. The Bertz CT molecular complexity index is 733. The second-order valence-electron chi connectivity index (χ2n) is 5.14. The number of anilines is 2. The van der Waals surface area contributed by atoms with E-state index < -0.39 is 0 Å². The van der Waals surface area contributed by atoms with Crippen molar-refractivity contribution in [3.63, 3.8) is 0 Å². The summed E-state index contributed by atoms with van der Waals surface area (Å²) in [4.78, 5) is 12.1. The molecule has 122 valence electrons. The molecule has 0 fully saturated rings. The number of halogens is 2. The number of ether oxygens (including phenoxy) is 1. The fraction of sp³-hybridized carbons (Fsp3) is 0.235. The van der Waals surface area contributed by atoms with Gasteiger partial charge in [0.15, 0.2) is 6.61 Å². The van der Waals surface area contributed by atoms with Gasteiger partial charge in [-0.05, 0) is 54.8 Å². The van der Waals surface area contributed by atoms with Crippen LogP contribution in [0.4, 0.5) is 11.4 Å². The lowest BCUT2D eigenvalue weighted by Crippen LogP contribution is -2.21. The third-order valence-corrected chi connectivity index (χ3v) is 3.87. The number of benzene rings is 2. The zero-order valence-corrected chi connectivity index (χ0v) is 14.5. The van der Waals surface area contributed by atoms with Gasteiger partial charge in [-0.15, -0.1) is 0 Å². The third-order valence-electron chi connectivity index (χ3n) is 3.34. The van der Waals surface area contributed by atoms with Gasteiger partial charge in [-0.25, -0.2) is 0 Å². The summed E-state index contributed by atoms with van der Waals surface area (Å²) in [5, 5.41) is 3.74. The molecule has 0 unspecified atom stereocenters. The van der Waals surface area contributed by atoms with Crippen LogP contribution in [0.15, 0.2) is 30.3 Å². The fourth-order valence-corrected chi connectivity index (χ4v) is 2.72. The molecule has 0 radical (unpaired) electrons. The minimum absolute atomic E-state index is 0.145. The van der Waals surface area contributed by atoms with E-state index in [2.05, 4.69) is 5.32 Å². The van der Waals surface area contributed by atoms with E-state index in [4.69, 9.17) is 33.7 Å². The minimum atomic E-state index is -0.265. The van der Waals surface area contributed by atoms with Crippen LogP contribution in [0, 0.1) is 6.92 Å². The lowest BCUT2D eigenvalue weighted by atomic mass is 10.0. The van der Waals surface area contributed by atoms with Crippen molar-refractivity contribution in [3.8, 4) is 5.75 Å². The molecule has 0 aliphatic carbocycles. The number of amides is 1. The van der Waals surface area contributed by atoms with Crippen molar-refractivity contribution in [1.82, 2.24) is 0 Å². The van der Waals surface area contributed by atoms with Crippen molar-refractivity contribution in [3.05, 3.63) is 51.5 Å². The third kappa shape index (κ3) is 4.53. The van der Waals surface area contributed by atoms with Gasteiger partial charge in [0.25, 0.3) is 5.91 Å². The van der Waals surface area contributed by atoms with Crippen LogP contribution >= 0.6 is 23.2 Å². The number of carbonyl (C=O) groups is 1. The predicted molar refractivity (Wildman–Crippen MR) is 95.6 cm³/mol. The number of hydrogen-bond acceptors (Lipinski definition) is 3. The first-order valence-electron chi connectivity index (χ1n) is 7.17. The molecule has 6 heteroatoms. The van der Waals surface area contributed by atoms with E-state index in [0.29, 0.717) is 21.5 Å². The van der Waals surface area contributed by atoms with Gasteiger partial charge < -0.3 is 15.8 Å². The maximum absolute atomic E-state index is 12.1. The minimum Gasteiger partial charge on any atom is -0.482 e. The Morgan fingerprint density at radius 2 is 2.00 bits per heavy atom. The Hall–Kier alpha value is -1.91. The van der Waals surface area contributed by atoms with E-state index in [1.165, 1.54) is 0 Å². The van der Waals surface area contributed by atoms with E-state index in [-0.39, 0.29) is 12.5 Å². The molecule has 0 aromatic heterocycles. The highest BCUT2D eigenvalue weighted by Crippen LogP contribution is 2.28. The molecule has 0 saturated heterocycles. The molecule has 2 aromatic rings. The predicted octanol–water partition coefficient (Wildman–Crippen LogP) is 4.46. The number of rotatable bonds is 5. The van der Waals surface area contributed by atoms with E-state index in [0.717, 1.165) is 23.2 Å². The molecule has 0 spiro atoms. The number of hydrogen-bond donors (Lipinski definition) is 2. The zero-order chi connectivity index (χ0) is 17.0. The molecular weight excluding hydrogens is 335 g/mol. The van der Waals surface area contributed by atoms with Crippen LogP contribution in [0.2, 0.25) is 10.0 Å². The number of nitrogen functional groups attached to an aromatic ring is 1. The van der Waals surface area contributed by atoms with Gasteiger partial charge in [0.2, 0.25) is 0 Å². The van der Waals surface area contributed by atoms with Gasteiger partial charge >= 0.3 is 0 Å². The highest BCUT2D eigenvalue weighted by molar-refractivity contribution is 6.35. The maximum Gasteiger partial charge on any atom is 0.262 e. The van der Waals surface area contributed by atoms with Crippen molar-refractivity contribution in [1.29, 1.82) is 0 Å². The molecule has 0 saturated carbocycles. The SMILES string of the molecule is CCc1cc(N)cc(C)c1NC(=O)COc1ccc(Cl)cc1Cl. The van der Waals surface area contributed by atoms with Crippen LogP contribution < -0.4 is 15.8 Å². The van der Waals surface area contributed by atoms with Crippen LogP contribution in [-0.4, -0.2) is 12.5 Å². The summed E-state index contributed by atoms with van der Waals surface area (Å²) in [6, 6.07) is 8.53. The lowest BCUT2D eigenvalue weighted by molar-refractivity contribution is -0.118. The van der Waals surface area contributed by atoms with E-state index in [9.17, 15) is 4.79 Å². The highest BCUT2D eigenvalue weighted by Gasteiger charge is 2.11. The van der Waals surface area contributed by atoms with Crippen molar-refractivity contribution in [2.75, 3.05) is 17.7 Å². The van der Waals surface area contributed by atoms with Crippen molar-refractivity contribution < 1.29 is 9.53 Å².